The fourth-order valence-electron chi connectivity index (χ4n) is 2.43. The Balaban J connectivity index is 2.41. The lowest BCUT2D eigenvalue weighted by molar-refractivity contribution is -0.137. The van der Waals surface area contributed by atoms with Crippen LogP contribution in [0.25, 0.3) is 0 Å². The summed E-state index contributed by atoms with van der Waals surface area (Å²) in [4.78, 5) is 11.1. The van der Waals surface area contributed by atoms with E-state index in [1.54, 1.807) is 7.11 Å². The summed E-state index contributed by atoms with van der Waals surface area (Å²) in [7, 11) is 1.60. The quantitative estimate of drug-likeness (QED) is 0.855. The highest BCUT2D eigenvalue weighted by molar-refractivity contribution is 9.10. The molecule has 0 saturated heterocycles. The molecule has 0 aromatic heterocycles. The number of hydrogen-bond donors (Lipinski definition) is 1. The number of methoxy groups -OCH3 is 1. The molecular formula is C15H19BrO4. The summed E-state index contributed by atoms with van der Waals surface area (Å²) in [5, 5.41) is 9.09. The summed E-state index contributed by atoms with van der Waals surface area (Å²) in [6, 6.07) is 3.77. The number of ether oxygens (including phenoxy) is 2. The van der Waals surface area contributed by atoms with Crippen molar-refractivity contribution in [2.75, 3.05) is 7.11 Å². The van der Waals surface area contributed by atoms with Crippen molar-refractivity contribution in [2.24, 2.45) is 0 Å². The molecule has 0 radical (unpaired) electrons. The molecule has 20 heavy (non-hydrogen) atoms. The van der Waals surface area contributed by atoms with Crippen LogP contribution < -0.4 is 9.47 Å². The van der Waals surface area contributed by atoms with Gasteiger partial charge in [-0.15, -0.1) is 0 Å². The van der Waals surface area contributed by atoms with Crippen LogP contribution in [-0.4, -0.2) is 24.3 Å². The van der Waals surface area contributed by atoms with Crippen molar-refractivity contribution >= 4 is 21.9 Å². The molecule has 0 spiro atoms. The van der Waals surface area contributed by atoms with E-state index in [9.17, 15) is 4.79 Å². The first-order valence-electron chi connectivity index (χ1n) is 6.64. The smallest absolute Gasteiger partial charge is 0.304 e. The molecule has 0 atom stereocenters. The SMILES string of the molecule is COc1cc(Br)c(C2(CC(=O)O)CC2)cc1OC(C)C. The molecule has 5 heteroatoms. The molecule has 1 aliphatic carbocycles. The second-order valence-electron chi connectivity index (χ2n) is 5.50. The van der Waals surface area contributed by atoms with Crippen LogP contribution in [0, 0.1) is 0 Å². The minimum atomic E-state index is -0.767. The van der Waals surface area contributed by atoms with Gasteiger partial charge in [0.05, 0.1) is 19.6 Å². The second kappa shape index (κ2) is 5.64. The molecule has 110 valence electrons. The molecule has 1 aliphatic rings. The summed E-state index contributed by atoms with van der Waals surface area (Å²) in [5.74, 6) is 0.550. The van der Waals surface area contributed by atoms with Gasteiger partial charge < -0.3 is 14.6 Å². The van der Waals surface area contributed by atoms with E-state index in [0.29, 0.717) is 11.5 Å². The number of halogens is 1. The highest BCUT2D eigenvalue weighted by Crippen LogP contribution is 2.54. The standard InChI is InChI=1S/C15H19BrO4/c1-9(2)20-13-6-10(11(16)7-12(13)19-3)15(4-5-15)8-14(17)18/h6-7,9H,4-5,8H2,1-3H3,(H,17,18). The van der Waals surface area contributed by atoms with Crippen molar-refractivity contribution < 1.29 is 19.4 Å². The first-order chi connectivity index (χ1) is 9.38. The Morgan fingerprint density at radius 3 is 2.50 bits per heavy atom. The van der Waals surface area contributed by atoms with Crippen LogP contribution in [0.2, 0.25) is 0 Å². The van der Waals surface area contributed by atoms with Gasteiger partial charge in [-0.05, 0) is 44.4 Å². The van der Waals surface area contributed by atoms with Crippen LogP contribution in [0.3, 0.4) is 0 Å². The fraction of sp³-hybridized carbons (Fsp3) is 0.533. The van der Waals surface area contributed by atoms with Gasteiger partial charge in [-0.3, -0.25) is 4.79 Å². The Hall–Kier alpha value is -1.23. The molecule has 0 aliphatic heterocycles. The topological polar surface area (TPSA) is 55.8 Å². The molecule has 1 fully saturated rings. The van der Waals surface area contributed by atoms with Gasteiger partial charge in [0.1, 0.15) is 0 Å². The number of benzene rings is 1. The van der Waals surface area contributed by atoms with Crippen molar-refractivity contribution in [2.45, 2.75) is 44.6 Å². The highest BCUT2D eigenvalue weighted by atomic mass is 79.9. The third-order valence-corrected chi connectivity index (χ3v) is 4.19. The van der Waals surface area contributed by atoms with Gasteiger partial charge >= 0.3 is 5.97 Å². The molecule has 4 nitrogen and oxygen atoms in total. The summed E-state index contributed by atoms with van der Waals surface area (Å²) >= 11 is 3.53. The lowest BCUT2D eigenvalue weighted by Crippen LogP contribution is -2.15. The normalized spacial score (nSPS) is 16.1. The third kappa shape index (κ3) is 3.08. The van der Waals surface area contributed by atoms with Crippen molar-refractivity contribution in [3.8, 4) is 11.5 Å². The van der Waals surface area contributed by atoms with Gasteiger partial charge in [0, 0.05) is 9.89 Å². The number of carboxylic acids is 1. The van der Waals surface area contributed by atoms with Crippen molar-refractivity contribution in [3.63, 3.8) is 0 Å². The summed E-state index contributed by atoms with van der Waals surface area (Å²) in [6.07, 6.45) is 1.97. The summed E-state index contributed by atoms with van der Waals surface area (Å²) < 4.78 is 12.0. The number of aliphatic carboxylic acids is 1. The predicted octanol–water partition coefficient (Wildman–Crippen LogP) is 3.75. The van der Waals surface area contributed by atoms with Crippen molar-refractivity contribution in [1.29, 1.82) is 0 Å². The van der Waals surface area contributed by atoms with E-state index in [4.69, 9.17) is 14.6 Å². The average Bonchev–Trinajstić information content (AvgIpc) is 3.10. The van der Waals surface area contributed by atoms with E-state index in [-0.39, 0.29) is 17.9 Å². The summed E-state index contributed by atoms with van der Waals surface area (Å²) in [5.41, 5.74) is 0.739. The first kappa shape index (κ1) is 15.2. The van der Waals surface area contributed by atoms with Gasteiger partial charge in [0.15, 0.2) is 11.5 Å². The molecular weight excluding hydrogens is 324 g/mol. The van der Waals surface area contributed by atoms with Crippen molar-refractivity contribution in [3.05, 3.63) is 22.2 Å². The van der Waals surface area contributed by atoms with Gasteiger partial charge in [0.25, 0.3) is 0 Å². The maximum Gasteiger partial charge on any atom is 0.304 e. The minimum Gasteiger partial charge on any atom is -0.493 e. The molecule has 0 amide bonds. The zero-order chi connectivity index (χ0) is 14.9. The second-order valence-corrected chi connectivity index (χ2v) is 6.35. The van der Waals surface area contributed by atoms with E-state index in [2.05, 4.69) is 15.9 Å². The van der Waals surface area contributed by atoms with Gasteiger partial charge in [-0.1, -0.05) is 15.9 Å². The fourth-order valence-corrected chi connectivity index (χ4v) is 3.17. The average molecular weight is 343 g/mol. The van der Waals surface area contributed by atoms with Crippen LogP contribution in [0.5, 0.6) is 11.5 Å². The first-order valence-corrected chi connectivity index (χ1v) is 7.44. The molecule has 1 aromatic carbocycles. The lowest BCUT2D eigenvalue weighted by atomic mass is 9.92. The van der Waals surface area contributed by atoms with Crippen LogP contribution >= 0.6 is 15.9 Å². The predicted molar refractivity (Wildman–Crippen MR) is 79.6 cm³/mol. The Morgan fingerprint density at radius 2 is 2.05 bits per heavy atom. The van der Waals surface area contributed by atoms with Gasteiger partial charge in [-0.25, -0.2) is 0 Å². The van der Waals surface area contributed by atoms with Crippen LogP contribution in [0.15, 0.2) is 16.6 Å². The molecule has 2 rings (SSSR count). The molecule has 1 aromatic rings. The van der Waals surface area contributed by atoms with Crippen molar-refractivity contribution in [1.82, 2.24) is 0 Å². The van der Waals surface area contributed by atoms with E-state index in [1.165, 1.54) is 0 Å². The van der Waals surface area contributed by atoms with Crippen LogP contribution in [-0.2, 0) is 10.2 Å². The molecule has 1 saturated carbocycles. The number of carbonyl (C=O) groups is 1. The Kier molecular flexibility index (Phi) is 4.28. The monoisotopic (exact) mass is 342 g/mol. The molecule has 0 unspecified atom stereocenters. The van der Waals surface area contributed by atoms with E-state index in [1.807, 2.05) is 26.0 Å². The zero-order valence-electron chi connectivity index (χ0n) is 11.9. The maximum atomic E-state index is 11.1. The van der Waals surface area contributed by atoms with Gasteiger partial charge in [-0.2, -0.15) is 0 Å². The zero-order valence-corrected chi connectivity index (χ0v) is 13.5. The van der Waals surface area contributed by atoms with Gasteiger partial charge in [0.2, 0.25) is 0 Å². The number of hydrogen-bond acceptors (Lipinski definition) is 3. The number of rotatable bonds is 6. The van der Waals surface area contributed by atoms with Crippen LogP contribution in [0.4, 0.5) is 0 Å². The Bertz CT molecular complexity index is 521. The Labute approximate surface area is 127 Å². The summed E-state index contributed by atoms with van der Waals surface area (Å²) in [6.45, 7) is 3.90. The largest absolute Gasteiger partial charge is 0.493 e. The van der Waals surface area contributed by atoms with E-state index >= 15 is 0 Å². The van der Waals surface area contributed by atoms with Crippen LogP contribution in [0.1, 0.15) is 38.7 Å². The highest BCUT2D eigenvalue weighted by Gasteiger charge is 2.47. The molecule has 0 heterocycles. The van der Waals surface area contributed by atoms with E-state index < -0.39 is 5.97 Å². The number of carboxylic acid groups (broad SMARTS) is 1. The Morgan fingerprint density at radius 1 is 1.40 bits per heavy atom. The third-order valence-electron chi connectivity index (χ3n) is 3.53. The molecule has 1 N–H and O–H groups in total. The lowest BCUT2D eigenvalue weighted by Gasteiger charge is -2.20. The molecule has 0 bridgehead atoms. The minimum absolute atomic E-state index is 0.0348. The maximum absolute atomic E-state index is 11.1. The van der Waals surface area contributed by atoms with E-state index in [0.717, 1.165) is 22.9 Å².